The molecule has 0 spiro atoms. The number of hydrogen-bond donors (Lipinski definition) is 0. The summed E-state index contributed by atoms with van der Waals surface area (Å²) >= 11 is 2.95. The SMILES string of the molecule is CC1Cc2c(n3ncc(Cc4ccccc4)c3n(-c3ccc(-c4cnnn4C)cc3)c2=O)CN1C(=O)c1ccc(Br)c(C(F)(F)F)c1. The van der Waals surface area contributed by atoms with Gasteiger partial charge in [0.05, 0.1) is 41.6 Å². The molecule has 0 saturated heterocycles. The fourth-order valence-corrected chi connectivity index (χ4v) is 6.68. The summed E-state index contributed by atoms with van der Waals surface area (Å²) < 4.78 is 45.9. The van der Waals surface area contributed by atoms with Crippen molar-refractivity contribution in [2.24, 2.45) is 7.05 Å². The lowest BCUT2D eigenvalue weighted by Crippen LogP contribution is -2.46. The Hall–Kier alpha value is -5.04. The van der Waals surface area contributed by atoms with E-state index in [1.54, 1.807) is 40.1 Å². The number of aromatic nitrogens is 6. The highest BCUT2D eigenvalue weighted by Gasteiger charge is 2.36. The Balaban J connectivity index is 1.36. The first-order valence-corrected chi connectivity index (χ1v) is 15.6. The van der Waals surface area contributed by atoms with Crippen molar-refractivity contribution in [2.75, 3.05) is 0 Å². The van der Waals surface area contributed by atoms with Crippen molar-refractivity contribution in [3.8, 4) is 16.9 Å². The van der Waals surface area contributed by atoms with Gasteiger partial charge < -0.3 is 4.90 Å². The standard InChI is InChI=1S/C34H27BrF3N7O2/c1-20-14-26-30(19-43(20)32(46)23-10-13-28(35)27(16-23)34(36,37)38)45-31(24(17-40-45)15-21-6-4-3-5-7-21)44(33(26)47)25-11-8-22(9-12-25)29-18-39-41-42(29)2/h3-13,16-18,20H,14-15,19H2,1-2H3. The molecule has 4 heterocycles. The fraction of sp³-hybridized carbons (Fsp3) is 0.206. The summed E-state index contributed by atoms with van der Waals surface area (Å²) in [6.07, 6.45) is -0.545. The number of carbonyl (C=O) groups is 1. The first-order chi connectivity index (χ1) is 22.5. The molecule has 0 saturated carbocycles. The Morgan fingerprint density at radius 2 is 1.77 bits per heavy atom. The van der Waals surface area contributed by atoms with Gasteiger partial charge in [-0.2, -0.15) is 18.3 Å². The topological polar surface area (TPSA) is 90.3 Å². The first-order valence-electron chi connectivity index (χ1n) is 14.8. The molecule has 1 aliphatic rings. The van der Waals surface area contributed by atoms with E-state index in [0.717, 1.165) is 28.5 Å². The summed E-state index contributed by atoms with van der Waals surface area (Å²) in [5.74, 6) is -0.560. The van der Waals surface area contributed by atoms with E-state index in [1.807, 2.05) is 54.6 Å². The van der Waals surface area contributed by atoms with Crippen molar-refractivity contribution in [2.45, 2.75) is 38.5 Å². The molecule has 238 valence electrons. The summed E-state index contributed by atoms with van der Waals surface area (Å²) in [6, 6.07) is 20.3. The van der Waals surface area contributed by atoms with Gasteiger partial charge in [-0.05, 0) is 49.2 Å². The van der Waals surface area contributed by atoms with Crippen LogP contribution in [0.5, 0.6) is 0 Å². The summed E-state index contributed by atoms with van der Waals surface area (Å²) in [7, 11) is 1.80. The lowest BCUT2D eigenvalue weighted by Gasteiger charge is -2.35. The van der Waals surface area contributed by atoms with Gasteiger partial charge in [0.15, 0.2) is 0 Å². The maximum Gasteiger partial charge on any atom is 0.417 e. The van der Waals surface area contributed by atoms with Crippen molar-refractivity contribution < 1.29 is 18.0 Å². The van der Waals surface area contributed by atoms with Crippen LogP contribution in [-0.2, 0) is 32.6 Å². The van der Waals surface area contributed by atoms with Gasteiger partial charge in [-0.15, -0.1) is 5.10 Å². The largest absolute Gasteiger partial charge is 0.417 e. The Kier molecular flexibility index (Phi) is 7.58. The van der Waals surface area contributed by atoms with E-state index in [1.165, 1.54) is 17.0 Å². The molecule has 1 amide bonds. The van der Waals surface area contributed by atoms with Gasteiger partial charge in [-0.3, -0.25) is 14.2 Å². The maximum absolute atomic E-state index is 14.4. The van der Waals surface area contributed by atoms with Crippen LogP contribution in [0, 0.1) is 0 Å². The molecule has 3 aromatic carbocycles. The van der Waals surface area contributed by atoms with Crippen molar-refractivity contribution in [3.05, 3.63) is 134 Å². The molecule has 6 aromatic rings. The van der Waals surface area contributed by atoms with Crippen LogP contribution in [0.3, 0.4) is 0 Å². The molecule has 1 aliphatic heterocycles. The Labute approximate surface area is 275 Å². The van der Waals surface area contributed by atoms with Crippen molar-refractivity contribution >= 4 is 27.5 Å². The second-order valence-corrected chi connectivity index (χ2v) is 12.5. The Morgan fingerprint density at radius 3 is 2.45 bits per heavy atom. The zero-order valence-electron chi connectivity index (χ0n) is 25.2. The molecule has 1 atom stereocenters. The molecule has 7 rings (SSSR count). The zero-order valence-corrected chi connectivity index (χ0v) is 26.8. The zero-order chi connectivity index (χ0) is 33.0. The van der Waals surface area contributed by atoms with Crippen LogP contribution < -0.4 is 5.56 Å². The van der Waals surface area contributed by atoms with Gasteiger partial charge in [-0.25, -0.2) is 9.20 Å². The van der Waals surface area contributed by atoms with Gasteiger partial charge in [0.2, 0.25) is 0 Å². The molecule has 3 aromatic heterocycles. The minimum atomic E-state index is -4.64. The summed E-state index contributed by atoms with van der Waals surface area (Å²) in [6.45, 7) is 1.79. The van der Waals surface area contributed by atoms with Crippen LogP contribution in [0.15, 0.2) is 94.5 Å². The van der Waals surface area contributed by atoms with Gasteiger partial charge in [0.1, 0.15) is 5.65 Å². The highest BCUT2D eigenvalue weighted by Crippen LogP contribution is 2.36. The average molecular weight is 703 g/mol. The summed E-state index contributed by atoms with van der Waals surface area (Å²) in [5.41, 5.74) is 4.48. The normalized spacial score (nSPS) is 14.9. The number of amides is 1. The molecule has 0 bridgehead atoms. The van der Waals surface area contributed by atoms with Crippen LogP contribution in [0.4, 0.5) is 13.2 Å². The number of halogens is 4. The average Bonchev–Trinajstić information content (AvgIpc) is 3.67. The van der Waals surface area contributed by atoms with E-state index in [4.69, 9.17) is 5.10 Å². The number of carbonyl (C=O) groups excluding carboxylic acids is 1. The van der Waals surface area contributed by atoms with Crippen molar-refractivity contribution in [1.29, 1.82) is 0 Å². The lowest BCUT2D eigenvalue weighted by atomic mass is 9.97. The highest BCUT2D eigenvalue weighted by atomic mass is 79.9. The Bertz CT molecular complexity index is 2210. The predicted octanol–water partition coefficient (Wildman–Crippen LogP) is 6.24. The predicted molar refractivity (Wildman–Crippen MR) is 172 cm³/mol. The van der Waals surface area contributed by atoms with E-state index in [0.29, 0.717) is 29.0 Å². The van der Waals surface area contributed by atoms with Gasteiger partial charge in [0, 0.05) is 46.2 Å². The first kappa shape index (κ1) is 30.6. The Morgan fingerprint density at radius 1 is 1.02 bits per heavy atom. The van der Waals surface area contributed by atoms with Gasteiger partial charge >= 0.3 is 6.18 Å². The maximum atomic E-state index is 14.4. The number of rotatable bonds is 5. The third-order valence-corrected chi connectivity index (χ3v) is 9.29. The van der Waals surface area contributed by atoms with Crippen LogP contribution in [0.2, 0.25) is 0 Å². The molecule has 47 heavy (non-hydrogen) atoms. The van der Waals surface area contributed by atoms with Crippen molar-refractivity contribution in [1.82, 2.24) is 34.1 Å². The minimum Gasteiger partial charge on any atom is -0.330 e. The monoisotopic (exact) mass is 701 g/mol. The van der Waals surface area contributed by atoms with Gasteiger partial charge in [-0.1, -0.05) is 63.6 Å². The van der Waals surface area contributed by atoms with Crippen molar-refractivity contribution in [3.63, 3.8) is 0 Å². The fourth-order valence-electron chi connectivity index (χ4n) is 6.21. The quantitative estimate of drug-likeness (QED) is 0.212. The highest BCUT2D eigenvalue weighted by molar-refractivity contribution is 9.10. The molecule has 0 aliphatic carbocycles. The second kappa shape index (κ2) is 11.6. The number of alkyl halides is 3. The second-order valence-electron chi connectivity index (χ2n) is 11.6. The molecule has 0 N–H and O–H groups in total. The molecule has 9 nitrogen and oxygen atoms in total. The number of aryl methyl sites for hydroxylation is 1. The third-order valence-electron chi connectivity index (χ3n) is 8.60. The smallest absolute Gasteiger partial charge is 0.330 e. The van der Waals surface area contributed by atoms with Gasteiger partial charge in [0.25, 0.3) is 11.5 Å². The number of benzene rings is 3. The van der Waals surface area contributed by atoms with E-state index in [-0.39, 0.29) is 28.6 Å². The molecule has 1 unspecified atom stereocenters. The molecular weight excluding hydrogens is 675 g/mol. The van der Waals surface area contributed by atoms with E-state index in [2.05, 4.69) is 26.2 Å². The van der Waals surface area contributed by atoms with E-state index in [9.17, 15) is 22.8 Å². The molecular formula is C34H27BrF3N7O2. The third kappa shape index (κ3) is 5.43. The molecule has 0 radical (unpaired) electrons. The van der Waals surface area contributed by atoms with Crippen LogP contribution >= 0.6 is 15.9 Å². The number of nitrogens with zero attached hydrogens (tertiary/aromatic N) is 7. The van der Waals surface area contributed by atoms with Crippen LogP contribution in [-0.4, -0.2) is 46.0 Å². The lowest BCUT2D eigenvalue weighted by molar-refractivity contribution is -0.138. The van der Waals surface area contributed by atoms with E-state index >= 15 is 0 Å². The molecule has 13 heteroatoms. The minimum absolute atomic E-state index is 0.00177. The number of fused-ring (bicyclic) bond motifs is 3. The summed E-state index contributed by atoms with van der Waals surface area (Å²) in [4.78, 5) is 29.7. The summed E-state index contributed by atoms with van der Waals surface area (Å²) in [5, 5.41) is 12.7. The van der Waals surface area contributed by atoms with E-state index < -0.39 is 23.7 Å². The number of hydrogen-bond acceptors (Lipinski definition) is 5. The van der Waals surface area contributed by atoms with Crippen LogP contribution in [0.1, 0.15) is 45.2 Å². The van der Waals surface area contributed by atoms with Crippen LogP contribution in [0.25, 0.3) is 22.6 Å². The molecule has 0 fully saturated rings.